The van der Waals surface area contributed by atoms with Crippen LogP contribution in [0.15, 0.2) is 0 Å². The molecule has 0 aromatic rings. The van der Waals surface area contributed by atoms with Gasteiger partial charge in [-0.1, -0.05) is 0 Å². The fraction of sp³-hybridized carbons (Fsp3) is 0.833. The number of nitrogens with one attached hydrogen (secondary N) is 1. The minimum absolute atomic E-state index is 0.116. The number of hydrogen-bond acceptors (Lipinski definition) is 3. The minimum Gasteiger partial charge on any atom is -0.308 e. The lowest BCUT2D eigenvalue weighted by molar-refractivity contribution is -0.119. The molecule has 0 radical (unpaired) electrons. The lowest BCUT2D eigenvalue weighted by Gasteiger charge is -2.15. The molecule has 0 aliphatic carbocycles. The molecule has 1 rings (SSSR count). The molecule has 1 aliphatic rings. The van der Waals surface area contributed by atoms with Crippen LogP contribution >= 0.6 is 0 Å². The van der Waals surface area contributed by atoms with Gasteiger partial charge < -0.3 is 5.32 Å². The Morgan fingerprint density at radius 3 is 2.56 bits per heavy atom. The van der Waals surface area contributed by atoms with Gasteiger partial charge in [0.05, 0.1) is 12.6 Å². The first-order valence-corrected chi connectivity index (χ1v) is 3.11. The SMILES string of the molecule is CN(C)C1CNCC1=O. The van der Waals surface area contributed by atoms with E-state index in [1.807, 2.05) is 19.0 Å². The highest BCUT2D eigenvalue weighted by atomic mass is 16.1. The Bertz CT molecular complexity index is 122. The Labute approximate surface area is 55.0 Å². The molecule has 0 saturated carbocycles. The maximum atomic E-state index is 10.9. The second-order valence-electron chi connectivity index (χ2n) is 2.58. The lowest BCUT2D eigenvalue weighted by Crippen LogP contribution is -2.34. The molecule has 0 bridgehead atoms. The summed E-state index contributed by atoms with van der Waals surface area (Å²) in [5, 5.41) is 3.01. The van der Waals surface area contributed by atoms with Crippen molar-refractivity contribution in [3.05, 3.63) is 0 Å². The number of rotatable bonds is 1. The van der Waals surface area contributed by atoms with E-state index >= 15 is 0 Å². The van der Waals surface area contributed by atoms with Crippen molar-refractivity contribution < 1.29 is 4.79 Å². The average molecular weight is 128 g/mol. The van der Waals surface area contributed by atoms with E-state index in [2.05, 4.69) is 5.32 Å². The van der Waals surface area contributed by atoms with Gasteiger partial charge in [-0.2, -0.15) is 0 Å². The summed E-state index contributed by atoms with van der Waals surface area (Å²) in [5.41, 5.74) is 0. The number of carbonyl (C=O) groups excluding carboxylic acids is 1. The molecule has 1 N–H and O–H groups in total. The lowest BCUT2D eigenvalue weighted by atomic mass is 10.2. The van der Waals surface area contributed by atoms with Gasteiger partial charge in [0.15, 0.2) is 5.78 Å². The highest BCUT2D eigenvalue weighted by Gasteiger charge is 2.24. The maximum absolute atomic E-state index is 10.9. The molecule has 1 aliphatic heterocycles. The van der Waals surface area contributed by atoms with Gasteiger partial charge in [0.25, 0.3) is 0 Å². The van der Waals surface area contributed by atoms with Gasteiger partial charge in [0, 0.05) is 6.54 Å². The van der Waals surface area contributed by atoms with E-state index in [1.165, 1.54) is 0 Å². The first-order valence-electron chi connectivity index (χ1n) is 3.11. The second kappa shape index (κ2) is 2.45. The van der Waals surface area contributed by atoms with E-state index < -0.39 is 0 Å². The number of carbonyl (C=O) groups is 1. The quantitative estimate of drug-likeness (QED) is 0.496. The molecule has 0 aromatic heterocycles. The summed E-state index contributed by atoms with van der Waals surface area (Å²) in [5.74, 6) is 0.306. The van der Waals surface area contributed by atoms with Crippen LogP contribution in [0.5, 0.6) is 0 Å². The average Bonchev–Trinajstić information content (AvgIpc) is 2.13. The van der Waals surface area contributed by atoms with Gasteiger partial charge in [-0.25, -0.2) is 0 Å². The summed E-state index contributed by atoms with van der Waals surface area (Å²) in [7, 11) is 3.85. The van der Waals surface area contributed by atoms with E-state index in [0.29, 0.717) is 12.3 Å². The third kappa shape index (κ3) is 1.28. The van der Waals surface area contributed by atoms with Crippen molar-refractivity contribution in [3.63, 3.8) is 0 Å². The fourth-order valence-electron chi connectivity index (χ4n) is 1.03. The Hall–Kier alpha value is -0.410. The smallest absolute Gasteiger partial charge is 0.164 e. The summed E-state index contributed by atoms with van der Waals surface area (Å²) in [6, 6.07) is 0.116. The molecule has 9 heavy (non-hydrogen) atoms. The predicted molar refractivity (Wildman–Crippen MR) is 35.4 cm³/mol. The van der Waals surface area contributed by atoms with Gasteiger partial charge in [-0.3, -0.25) is 9.69 Å². The monoisotopic (exact) mass is 128 g/mol. The van der Waals surface area contributed by atoms with E-state index in [1.54, 1.807) is 0 Å². The molecular weight excluding hydrogens is 116 g/mol. The Morgan fingerprint density at radius 2 is 2.33 bits per heavy atom. The largest absolute Gasteiger partial charge is 0.308 e. The normalized spacial score (nSPS) is 27.9. The second-order valence-corrected chi connectivity index (χ2v) is 2.58. The molecule has 1 saturated heterocycles. The van der Waals surface area contributed by atoms with Gasteiger partial charge in [0.2, 0.25) is 0 Å². The molecule has 1 atom stereocenters. The van der Waals surface area contributed by atoms with E-state index in [-0.39, 0.29) is 6.04 Å². The molecule has 1 unspecified atom stereocenters. The maximum Gasteiger partial charge on any atom is 0.164 e. The van der Waals surface area contributed by atoms with Crippen LogP contribution in [0.25, 0.3) is 0 Å². The summed E-state index contributed by atoms with van der Waals surface area (Å²) >= 11 is 0. The van der Waals surface area contributed by atoms with E-state index in [0.717, 1.165) is 6.54 Å². The third-order valence-corrected chi connectivity index (χ3v) is 1.63. The molecule has 1 heterocycles. The zero-order valence-electron chi connectivity index (χ0n) is 5.85. The minimum atomic E-state index is 0.116. The highest BCUT2D eigenvalue weighted by Crippen LogP contribution is 1.98. The van der Waals surface area contributed by atoms with Crippen molar-refractivity contribution in [2.75, 3.05) is 27.2 Å². The molecule has 0 spiro atoms. The molecule has 0 amide bonds. The molecule has 1 fully saturated rings. The van der Waals surface area contributed by atoms with Crippen LogP contribution in [0.4, 0.5) is 0 Å². The number of likely N-dealkylation sites (N-methyl/N-ethyl adjacent to an activating group) is 1. The first kappa shape index (κ1) is 6.71. The zero-order valence-corrected chi connectivity index (χ0v) is 5.85. The Morgan fingerprint density at radius 1 is 1.67 bits per heavy atom. The summed E-state index contributed by atoms with van der Waals surface area (Å²) < 4.78 is 0. The Balaban J connectivity index is 2.49. The van der Waals surface area contributed by atoms with Crippen molar-refractivity contribution >= 4 is 5.78 Å². The molecule has 3 heteroatoms. The standard InChI is InChI=1S/C6H12N2O/c1-8(2)5-3-7-4-6(5)9/h5,7H,3-4H2,1-2H3. The Kier molecular flexibility index (Phi) is 1.83. The van der Waals surface area contributed by atoms with Crippen LogP contribution in [0.1, 0.15) is 0 Å². The molecule has 0 aromatic carbocycles. The van der Waals surface area contributed by atoms with Crippen molar-refractivity contribution in [1.29, 1.82) is 0 Å². The summed E-state index contributed by atoms with van der Waals surface area (Å²) in [6.07, 6.45) is 0. The van der Waals surface area contributed by atoms with Gasteiger partial charge >= 0.3 is 0 Å². The van der Waals surface area contributed by atoms with Gasteiger partial charge in [0.1, 0.15) is 0 Å². The highest BCUT2D eigenvalue weighted by molar-refractivity contribution is 5.88. The summed E-state index contributed by atoms with van der Waals surface area (Å²) in [6.45, 7) is 1.36. The topological polar surface area (TPSA) is 32.3 Å². The van der Waals surface area contributed by atoms with Crippen LogP contribution < -0.4 is 5.32 Å². The fourth-order valence-corrected chi connectivity index (χ4v) is 1.03. The number of Topliss-reactive ketones (excluding diaryl/α,β-unsaturated/α-hetero) is 1. The number of ketones is 1. The van der Waals surface area contributed by atoms with Gasteiger partial charge in [-0.05, 0) is 14.1 Å². The molecule has 3 nitrogen and oxygen atoms in total. The van der Waals surface area contributed by atoms with Crippen LogP contribution in [0.3, 0.4) is 0 Å². The van der Waals surface area contributed by atoms with Crippen molar-refractivity contribution in [2.45, 2.75) is 6.04 Å². The van der Waals surface area contributed by atoms with Crippen LogP contribution in [0.2, 0.25) is 0 Å². The van der Waals surface area contributed by atoms with Crippen molar-refractivity contribution in [3.8, 4) is 0 Å². The van der Waals surface area contributed by atoms with Gasteiger partial charge in [-0.15, -0.1) is 0 Å². The molecular formula is C6H12N2O. The number of hydrogen-bond donors (Lipinski definition) is 1. The van der Waals surface area contributed by atoms with E-state index in [4.69, 9.17) is 0 Å². The third-order valence-electron chi connectivity index (χ3n) is 1.63. The molecule has 52 valence electrons. The number of nitrogens with zero attached hydrogens (tertiary/aromatic N) is 1. The van der Waals surface area contributed by atoms with Crippen LogP contribution in [-0.2, 0) is 4.79 Å². The van der Waals surface area contributed by atoms with E-state index in [9.17, 15) is 4.79 Å². The van der Waals surface area contributed by atoms with Crippen molar-refractivity contribution in [1.82, 2.24) is 10.2 Å². The van der Waals surface area contributed by atoms with Crippen molar-refractivity contribution in [2.24, 2.45) is 0 Å². The van der Waals surface area contributed by atoms with Crippen LogP contribution in [-0.4, -0.2) is 43.9 Å². The predicted octanol–water partition coefficient (Wildman–Crippen LogP) is -0.911. The van der Waals surface area contributed by atoms with Crippen LogP contribution in [0, 0.1) is 0 Å². The zero-order chi connectivity index (χ0) is 6.85. The first-order chi connectivity index (χ1) is 4.22. The summed E-state index contributed by atoms with van der Waals surface area (Å²) in [4.78, 5) is 12.9.